The highest BCUT2D eigenvalue weighted by atomic mass is 16.5. The largest absolute Gasteiger partial charge is 0.508 e. The van der Waals surface area contributed by atoms with Crippen LogP contribution in [0.15, 0.2) is 65.8 Å². The molecule has 1 aromatic carbocycles. The summed E-state index contributed by atoms with van der Waals surface area (Å²) in [4.78, 5) is 0. The molecular formula is C13H13NO2. The van der Waals surface area contributed by atoms with Crippen molar-refractivity contribution < 1.29 is 9.84 Å². The highest BCUT2D eigenvalue weighted by Gasteiger charge is 2.09. The third-order valence-electron chi connectivity index (χ3n) is 2.26. The van der Waals surface area contributed by atoms with Gasteiger partial charge in [0.25, 0.3) is 0 Å². The fourth-order valence-electron chi connectivity index (χ4n) is 1.40. The third kappa shape index (κ3) is 2.45. The summed E-state index contributed by atoms with van der Waals surface area (Å²) in [6.45, 7) is 0. The van der Waals surface area contributed by atoms with Gasteiger partial charge in [-0.05, 0) is 24.3 Å². The summed E-state index contributed by atoms with van der Waals surface area (Å²) in [6, 6.07) is 9.38. The highest BCUT2D eigenvalue weighted by molar-refractivity contribution is 5.37. The molecule has 1 aromatic rings. The van der Waals surface area contributed by atoms with Crippen molar-refractivity contribution in [3.05, 3.63) is 65.8 Å². The van der Waals surface area contributed by atoms with Crippen molar-refractivity contribution in [1.29, 1.82) is 0 Å². The lowest BCUT2D eigenvalue weighted by atomic mass is 10.1. The van der Waals surface area contributed by atoms with Crippen molar-refractivity contribution in [3.8, 4) is 5.75 Å². The molecule has 16 heavy (non-hydrogen) atoms. The zero-order valence-corrected chi connectivity index (χ0v) is 8.76. The molecule has 0 aliphatic heterocycles. The highest BCUT2D eigenvalue weighted by Crippen LogP contribution is 2.20. The van der Waals surface area contributed by atoms with Gasteiger partial charge in [-0.1, -0.05) is 18.2 Å². The minimum atomic E-state index is 0.199. The molecule has 0 aromatic heterocycles. The van der Waals surface area contributed by atoms with Gasteiger partial charge < -0.3 is 15.6 Å². The minimum absolute atomic E-state index is 0.199. The van der Waals surface area contributed by atoms with Gasteiger partial charge in [0.1, 0.15) is 11.5 Å². The van der Waals surface area contributed by atoms with Gasteiger partial charge in [0.15, 0.2) is 0 Å². The molecule has 3 N–H and O–H groups in total. The van der Waals surface area contributed by atoms with Crippen LogP contribution in [0.2, 0.25) is 0 Å². The summed E-state index contributed by atoms with van der Waals surface area (Å²) in [6.07, 6.45) is 5.30. The van der Waals surface area contributed by atoms with Gasteiger partial charge in [0.2, 0.25) is 0 Å². The van der Waals surface area contributed by atoms with Crippen LogP contribution in [0.1, 0.15) is 6.42 Å². The second kappa shape index (κ2) is 4.57. The number of nitrogens with two attached hydrogens (primary N) is 1. The predicted octanol–water partition coefficient (Wildman–Crippen LogP) is 2.64. The Bertz CT molecular complexity index is 458. The van der Waals surface area contributed by atoms with Crippen molar-refractivity contribution in [3.63, 3.8) is 0 Å². The monoisotopic (exact) mass is 215 g/mol. The van der Waals surface area contributed by atoms with Crippen LogP contribution in [0.25, 0.3) is 0 Å². The van der Waals surface area contributed by atoms with Gasteiger partial charge in [-0.15, -0.1) is 0 Å². The number of allylic oxidation sites excluding steroid dienone is 4. The molecule has 0 saturated heterocycles. The van der Waals surface area contributed by atoms with Crippen molar-refractivity contribution >= 4 is 0 Å². The van der Waals surface area contributed by atoms with Crippen LogP contribution in [0.5, 0.6) is 5.75 Å². The fraction of sp³-hybridized carbons (Fsp3) is 0.0769. The molecular weight excluding hydrogens is 202 g/mol. The van der Waals surface area contributed by atoms with E-state index in [9.17, 15) is 5.11 Å². The zero-order chi connectivity index (χ0) is 11.4. The van der Waals surface area contributed by atoms with E-state index in [0.717, 1.165) is 5.75 Å². The fourth-order valence-corrected chi connectivity index (χ4v) is 1.40. The van der Waals surface area contributed by atoms with E-state index in [2.05, 4.69) is 0 Å². The summed E-state index contributed by atoms with van der Waals surface area (Å²) in [7, 11) is 0. The number of hydrogen-bond donors (Lipinski definition) is 2. The maximum absolute atomic E-state index is 9.58. The van der Waals surface area contributed by atoms with E-state index in [1.807, 2.05) is 30.3 Å². The number of hydrogen-bond acceptors (Lipinski definition) is 3. The lowest BCUT2D eigenvalue weighted by Crippen LogP contribution is -2.05. The van der Waals surface area contributed by atoms with E-state index in [-0.39, 0.29) is 5.76 Å². The molecule has 0 bridgehead atoms. The molecule has 0 fully saturated rings. The normalized spacial score (nSPS) is 17.9. The number of para-hydroxylation sites is 1. The summed E-state index contributed by atoms with van der Waals surface area (Å²) < 4.78 is 5.42. The smallest absolute Gasteiger partial charge is 0.126 e. The molecule has 0 saturated carbocycles. The van der Waals surface area contributed by atoms with Crippen LogP contribution < -0.4 is 10.5 Å². The predicted molar refractivity (Wildman–Crippen MR) is 62.8 cm³/mol. The van der Waals surface area contributed by atoms with Gasteiger partial charge in [0.05, 0.1) is 6.26 Å². The molecule has 3 heteroatoms. The first-order valence-electron chi connectivity index (χ1n) is 5.02. The summed E-state index contributed by atoms with van der Waals surface area (Å²) in [5.74, 6) is 0.932. The standard InChI is InChI=1S/C13H13NO2/c14-11-6-7-13(15)10(8-11)9-16-12-4-2-1-3-5-12/h1-7,9,15H,8,14H2. The molecule has 1 aliphatic carbocycles. The molecule has 0 heterocycles. The van der Waals surface area contributed by atoms with Crippen LogP contribution >= 0.6 is 0 Å². The number of aliphatic hydroxyl groups is 1. The van der Waals surface area contributed by atoms with Crippen LogP contribution in [-0.2, 0) is 0 Å². The lowest BCUT2D eigenvalue weighted by Gasteiger charge is -2.11. The molecule has 0 amide bonds. The van der Waals surface area contributed by atoms with Crippen LogP contribution in [0, 0.1) is 0 Å². The van der Waals surface area contributed by atoms with Gasteiger partial charge in [0, 0.05) is 17.7 Å². The Labute approximate surface area is 94.2 Å². The summed E-state index contributed by atoms with van der Waals surface area (Å²) >= 11 is 0. The van der Waals surface area contributed by atoms with Crippen molar-refractivity contribution in [2.24, 2.45) is 5.73 Å². The minimum Gasteiger partial charge on any atom is -0.508 e. The Balaban J connectivity index is 2.09. The zero-order valence-electron chi connectivity index (χ0n) is 8.76. The number of ether oxygens (including phenoxy) is 1. The van der Waals surface area contributed by atoms with Gasteiger partial charge >= 0.3 is 0 Å². The SMILES string of the molecule is NC1=CC=C(O)C(=COc2ccccc2)C1. The van der Waals surface area contributed by atoms with Crippen LogP contribution in [0.3, 0.4) is 0 Å². The molecule has 2 rings (SSSR count). The van der Waals surface area contributed by atoms with E-state index >= 15 is 0 Å². The van der Waals surface area contributed by atoms with E-state index in [0.29, 0.717) is 17.7 Å². The van der Waals surface area contributed by atoms with Crippen molar-refractivity contribution in [2.75, 3.05) is 0 Å². The Hall–Kier alpha value is -2.16. The first kappa shape index (κ1) is 10.4. The van der Waals surface area contributed by atoms with Gasteiger partial charge in [-0.3, -0.25) is 0 Å². The Morgan fingerprint density at radius 2 is 1.94 bits per heavy atom. The third-order valence-corrected chi connectivity index (χ3v) is 2.26. The van der Waals surface area contributed by atoms with Crippen LogP contribution in [-0.4, -0.2) is 5.11 Å². The van der Waals surface area contributed by atoms with E-state index < -0.39 is 0 Å². The lowest BCUT2D eigenvalue weighted by molar-refractivity contribution is 0.406. The molecule has 82 valence electrons. The molecule has 0 unspecified atom stereocenters. The molecule has 3 nitrogen and oxygen atoms in total. The maximum atomic E-state index is 9.58. The Morgan fingerprint density at radius 1 is 1.19 bits per heavy atom. The average Bonchev–Trinajstić information content (AvgIpc) is 2.32. The summed E-state index contributed by atoms with van der Waals surface area (Å²) in [5.41, 5.74) is 7.06. The van der Waals surface area contributed by atoms with Gasteiger partial charge in [-0.25, -0.2) is 0 Å². The topological polar surface area (TPSA) is 55.5 Å². The first-order valence-corrected chi connectivity index (χ1v) is 5.02. The van der Waals surface area contributed by atoms with E-state index in [1.54, 1.807) is 12.2 Å². The van der Waals surface area contributed by atoms with Gasteiger partial charge in [-0.2, -0.15) is 0 Å². The number of rotatable bonds is 2. The Kier molecular flexibility index (Phi) is 2.96. The molecule has 0 atom stereocenters. The quantitative estimate of drug-likeness (QED) is 0.745. The van der Waals surface area contributed by atoms with E-state index in [1.165, 1.54) is 6.26 Å². The summed E-state index contributed by atoms with van der Waals surface area (Å²) in [5, 5.41) is 9.58. The average molecular weight is 215 g/mol. The second-order valence-electron chi connectivity index (χ2n) is 3.54. The molecule has 0 spiro atoms. The maximum Gasteiger partial charge on any atom is 0.126 e. The molecule has 0 radical (unpaired) electrons. The number of benzene rings is 1. The van der Waals surface area contributed by atoms with Crippen LogP contribution in [0.4, 0.5) is 0 Å². The second-order valence-corrected chi connectivity index (χ2v) is 3.54. The first-order chi connectivity index (χ1) is 7.75. The van der Waals surface area contributed by atoms with Crippen molar-refractivity contribution in [2.45, 2.75) is 6.42 Å². The molecule has 1 aliphatic rings. The number of aliphatic hydroxyl groups excluding tert-OH is 1. The Morgan fingerprint density at radius 3 is 2.69 bits per heavy atom. The van der Waals surface area contributed by atoms with E-state index in [4.69, 9.17) is 10.5 Å². The van der Waals surface area contributed by atoms with Crippen molar-refractivity contribution in [1.82, 2.24) is 0 Å².